The molecule has 0 saturated heterocycles. The number of fused-ring (bicyclic) bond motifs is 1. The van der Waals surface area contributed by atoms with Crippen LogP contribution in [0.1, 0.15) is 13.0 Å². The lowest BCUT2D eigenvalue weighted by atomic mass is 10.2. The van der Waals surface area contributed by atoms with Crippen LogP contribution in [0.15, 0.2) is 24.3 Å². The van der Waals surface area contributed by atoms with Crippen molar-refractivity contribution in [1.82, 2.24) is 0 Å². The van der Waals surface area contributed by atoms with Gasteiger partial charge in [-0.05, 0) is 6.07 Å². The van der Waals surface area contributed by atoms with E-state index >= 15 is 0 Å². The van der Waals surface area contributed by atoms with Crippen molar-refractivity contribution in [2.24, 2.45) is 0 Å². The molecule has 0 bridgehead atoms. The van der Waals surface area contributed by atoms with Crippen molar-refractivity contribution in [2.45, 2.75) is 14.0 Å². The lowest BCUT2D eigenvalue weighted by Crippen LogP contribution is -1.80. The average molecular weight is 138 g/mol. The monoisotopic (exact) mass is 138 g/mol. The molecule has 1 aromatic rings. The molecule has 0 atom stereocenters. The molecule has 0 amide bonds. The number of hydrogen-bond donors (Lipinski definition) is 0. The van der Waals surface area contributed by atoms with Gasteiger partial charge in [-0.3, -0.25) is 0 Å². The van der Waals surface area contributed by atoms with Crippen molar-refractivity contribution in [3.05, 3.63) is 29.8 Å². The first-order valence-corrected chi connectivity index (χ1v) is 2.84. The zero-order valence-corrected chi connectivity index (χ0v) is 4.83. The van der Waals surface area contributed by atoms with Crippen molar-refractivity contribution in [2.75, 3.05) is 0 Å². The van der Waals surface area contributed by atoms with E-state index in [9.17, 15) is 0 Å². The topological polar surface area (TPSA) is 18.5 Å². The average Bonchev–Trinajstić information content (AvgIpc) is 2.33. The molecule has 0 radical (unpaired) electrons. The van der Waals surface area contributed by atoms with Gasteiger partial charge in [0.25, 0.3) is 0 Å². The molecule has 1 aliphatic heterocycles. The molecule has 0 saturated carbocycles. The third-order valence-corrected chi connectivity index (χ3v) is 1.34. The molecule has 2 nitrogen and oxygen atoms in total. The Bertz CT molecular complexity index is 197. The first-order chi connectivity index (χ1) is 4.47. The van der Waals surface area contributed by atoms with Gasteiger partial charge >= 0.3 is 0 Å². The van der Waals surface area contributed by atoms with E-state index in [2.05, 4.69) is 0 Å². The smallest absolute Gasteiger partial charge is 0.171 e. The summed E-state index contributed by atoms with van der Waals surface area (Å²) in [4.78, 5) is 9.51. The molecule has 2 heteroatoms. The normalized spacial score (nSPS) is 13.2. The van der Waals surface area contributed by atoms with E-state index in [1.807, 2.05) is 24.3 Å². The minimum Gasteiger partial charge on any atom is -0.337 e. The molecule has 0 spiro atoms. The van der Waals surface area contributed by atoms with E-state index in [1.165, 1.54) is 0 Å². The zero-order valence-electron chi connectivity index (χ0n) is 4.83. The van der Waals surface area contributed by atoms with Crippen LogP contribution < -0.4 is 4.89 Å². The highest BCUT2D eigenvalue weighted by atomic mass is 17.2. The predicted molar refractivity (Wildman–Crippen MR) is 38.6 cm³/mol. The van der Waals surface area contributed by atoms with Crippen molar-refractivity contribution in [1.29, 1.82) is 0 Å². The SMILES string of the molecule is C.c1ccc2c(c1)COO2. The van der Waals surface area contributed by atoms with Crippen LogP contribution in [0.4, 0.5) is 0 Å². The maximum absolute atomic E-state index is 4.80. The number of benzene rings is 1. The van der Waals surface area contributed by atoms with Crippen LogP contribution in [0.25, 0.3) is 0 Å². The van der Waals surface area contributed by atoms with Gasteiger partial charge in [-0.2, -0.15) is 4.89 Å². The molecule has 1 heterocycles. The van der Waals surface area contributed by atoms with Crippen molar-refractivity contribution in [3.63, 3.8) is 0 Å². The molecule has 0 aromatic heterocycles. The van der Waals surface area contributed by atoms with Crippen LogP contribution in [0.5, 0.6) is 5.75 Å². The highest BCUT2D eigenvalue weighted by Gasteiger charge is 2.10. The Labute approximate surface area is 60.3 Å². The zero-order chi connectivity index (χ0) is 6.10. The lowest BCUT2D eigenvalue weighted by Gasteiger charge is -1.89. The van der Waals surface area contributed by atoms with E-state index in [1.54, 1.807) is 0 Å². The summed E-state index contributed by atoms with van der Waals surface area (Å²) in [6.07, 6.45) is 0. The molecule has 54 valence electrons. The van der Waals surface area contributed by atoms with Crippen molar-refractivity contribution >= 4 is 0 Å². The highest BCUT2D eigenvalue weighted by molar-refractivity contribution is 5.33. The van der Waals surface area contributed by atoms with Gasteiger partial charge in [-0.1, -0.05) is 25.6 Å². The van der Waals surface area contributed by atoms with Gasteiger partial charge in [0.1, 0.15) is 6.61 Å². The Hall–Kier alpha value is -1.02. The van der Waals surface area contributed by atoms with Crippen LogP contribution in [0.3, 0.4) is 0 Å². The fourth-order valence-electron chi connectivity index (χ4n) is 0.861. The van der Waals surface area contributed by atoms with Gasteiger partial charge in [0.2, 0.25) is 0 Å². The fraction of sp³-hybridized carbons (Fsp3) is 0.250. The first-order valence-electron chi connectivity index (χ1n) is 2.84. The third-order valence-electron chi connectivity index (χ3n) is 1.34. The molecular weight excluding hydrogens is 128 g/mol. The lowest BCUT2D eigenvalue weighted by molar-refractivity contribution is -0.194. The van der Waals surface area contributed by atoms with E-state index in [4.69, 9.17) is 9.78 Å². The minimum atomic E-state index is 0. The Morgan fingerprint density at radius 3 is 2.80 bits per heavy atom. The minimum absolute atomic E-state index is 0. The Morgan fingerprint density at radius 2 is 2.00 bits per heavy atom. The molecule has 0 unspecified atom stereocenters. The molecule has 0 fully saturated rings. The highest BCUT2D eigenvalue weighted by Crippen LogP contribution is 2.24. The molecule has 1 aromatic carbocycles. The van der Waals surface area contributed by atoms with Crippen molar-refractivity contribution < 1.29 is 9.78 Å². The summed E-state index contributed by atoms with van der Waals surface area (Å²) < 4.78 is 0. The molecule has 1 aliphatic rings. The molecule has 0 N–H and O–H groups in total. The quantitative estimate of drug-likeness (QED) is 0.511. The second-order valence-corrected chi connectivity index (χ2v) is 1.95. The van der Waals surface area contributed by atoms with Crippen LogP contribution in [0, 0.1) is 0 Å². The maximum Gasteiger partial charge on any atom is 0.171 e. The second-order valence-electron chi connectivity index (χ2n) is 1.95. The predicted octanol–water partition coefficient (Wildman–Crippen LogP) is 2.15. The molecule has 0 aliphatic carbocycles. The largest absolute Gasteiger partial charge is 0.337 e. The van der Waals surface area contributed by atoms with Crippen molar-refractivity contribution in [3.8, 4) is 5.75 Å². The number of hydrogen-bond acceptors (Lipinski definition) is 2. The summed E-state index contributed by atoms with van der Waals surface area (Å²) in [6, 6.07) is 7.77. The number of rotatable bonds is 0. The van der Waals surface area contributed by atoms with Crippen LogP contribution in [0.2, 0.25) is 0 Å². The van der Waals surface area contributed by atoms with Gasteiger partial charge in [0.15, 0.2) is 5.75 Å². The van der Waals surface area contributed by atoms with Gasteiger partial charge in [0.05, 0.1) is 0 Å². The van der Waals surface area contributed by atoms with Gasteiger partial charge < -0.3 is 4.89 Å². The third kappa shape index (κ3) is 0.977. The van der Waals surface area contributed by atoms with Gasteiger partial charge in [-0.15, -0.1) is 0 Å². The molecular formula is C8H10O2. The number of para-hydroxylation sites is 1. The molecule has 2 rings (SSSR count). The second kappa shape index (κ2) is 2.71. The Kier molecular flexibility index (Phi) is 1.92. The maximum atomic E-state index is 4.80. The summed E-state index contributed by atoms with van der Waals surface area (Å²) in [6.45, 7) is 0.580. The summed E-state index contributed by atoms with van der Waals surface area (Å²) in [7, 11) is 0. The first kappa shape index (κ1) is 7.09. The molecule has 10 heavy (non-hydrogen) atoms. The van der Waals surface area contributed by atoms with E-state index < -0.39 is 0 Å². The van der Waals surface area contributed by atoms with Crippen LogP contribution >= 0.6 is 0 Å². The van der Waals surface area contributed by atoms with E-state index in [0.717, 1.165) is 11.3 Å². The Morgan fingerprint density at radius 1 is 1.20 bits per heavy atom. The van der Waals surface area contributed by atoms with Gasteiger partial charge in [0, 0.05) is 5.56 Å². The summed E-state index contributed by atoms with van der Waals surface area (Å²) in [5, 5.41) is 0. The summed E-state index contributed by atoms with van der Waals surface area (Å²) in [5.41, 5.74) is 1.12. The standard InChI is InChI=1S/C7H6O2.CH4/c1-2-4-7-6(3-1)5-8-9-7;/h1-4H,5H2;1H4. The summed E-state index contributed by atoms with van der Waals surface area (Å²) >= 11 is 0. The van der Waals surface area contributed by atoms with Gasteiger partial charge in [-0.25, -0.2) is 0 Å². The van der Waals surface area contributed by atoms with Crippen LogP contribution in [-0.2, 0) is 11.5 Å². The Balaban J connectivity index is 0.000000500. The van der Waals surface area contributed by atoms with E-state index in [-0.39, 0.29) is 7.43 Å². The van der Waals surface area contributed by atoms with E-state index in [0.29, 0.717) is 6.61 Å². The summed E-state index contributed by atoms with van der Waals surface area (Å²) in [5.74, 6) is 0.845. The fourth-order valence-corrected chi connectivity index (χ4v) is 0.861. The van der Waals surface area contributed by atoms with Crippen LogP contribution in [-0.4, -0.2) is 0 Å².